The lowest BCUT2D eigenvalue weighted by atomic mass is 10.1. The maximum atomic E-state index is 14.4. The SMILES string of the molecule is CC(=O)c1ccc(N2CCN(C(=O)NCCn3c(C)nc4ccccc43)CC2)c(F)c1. The second kappa shape index (κ2) is 8.75. The van der Waals surface area contributed by atoms with Crippen LogP contribution in [0.3, 0.4) is 0 Å². The highest BCUT2D eigenvalue weighted by Gasteiger charge is 2.23. The van der Waals surface area contributed by atoms with Crippen LogP contribution in [0.2, 0.25) is 0 Å². The van der Waals surface area contributed by atoms with Crippen LogP contribution in [0.4, 0.5) is 14.9 Å². The van der Waals surface area contributed by atoms with E-state index in [9.17, 15) is 14.0 Å². The molecule has 1 aliphatic rings. The molecular formula is C23H26FN5O2. The molecule has 0 atom stereocenters. The zero-order valence-corrected chi connectivity index (χ0v) is 17.8. The molecule has 162 valence electrons. The van der Waals surface area contributed by atoms with Crippen LogP contribution in [-0.2, 0) is 6.54 Å². The first-order valence-electron chi connectivity index (χ1n) is 10.4. The van der Waals surface area contributed by atoms with Gasteiger partial charge in [0.2, 0.25) is 0 Å². The van der Waals surface area contributed by atoms with Gasteiger partial charge in [0.1, 0.15) is 11.6 Å². The van der Waals surface area contributed by atoms with Gasteiger partial charge in [-0.1, -0.05) is 12.1 Å². The van der Waals surface area contributed by atoms with E-state index in [1.807, 2.05) is 36.1 Å². The molecular weight excluding hydrogens is 397 g/mol. The third-order valence-electron chi connectivity index (χ3n) is 5.72. The number of hydrogen-bond donors (Lipinski definition) is 1. The Kier molecular flexibility index (Phi) is 5.88. The van der Waals surface area contributed by atoms with E-state index in [-0.39, 0.29) is 11.8 Å². The summed E-state index contributed by atoms with van der Waals surface area (Å²) in [5.41, 5.74) is 2.83. The predicted molar refractivity (Wildman–Crippen MR) is 118 cm³/mol. The van der Waals surface area contributed by atoms with Crippen molar-refractivity contribution in [3.8, 4) is 0 Å². The van der Waals surface area contributed by atoms with E-state index in [2.05, 4.69) is 14.9 Å². The molecule has 0 spiro atoms. The number of halogens is 1. The monoisotopic (exact) mass is 423 g/mol. The predicted octanol–water partition coefficient (Wildman–Crippen LogP) is 3.22. The largest absolute Gasteiger partial charge is 0.366 e. The lowest BCUT2D eigenvalue weighted by molar-refractivity contribution is 0.101. The molecule has 1 aliphatic heterocycles. The van der Waals surface area contributed by atoms with Gasteiger partial charge in [-0.2, -0.15) is 0 Å². The van der Waals surface area contributed by atoms with Crippen LogP contribution in [0.15, 0.2) is 42.5 Å². The fourth-order valence-electron chi connectivity index (χ4n) is 4.00. The molecule has 2 aromatic carbocycles. The van der Waals surface area contributed by atoms with Crippen LogP contribution in [0.25, 0.3) is 11.0 Å². The van der Waals surface area contributed by atoms with Crippen molar-refractivity contribution in [2.24, 2.45) is 0 Å². The minimum Gasteiger partial charge on any atom is -0.366 e. The number of nitrogens with zero attached hydrogens (tertiary/aromatic N) is 4. The van der Waals surface area contributed by atoms with Crippen LogP contribution in [-0.4, -0.2) is 59.0 Å². The number of Topliss-reactive ketones (excluding diaryl/α,β-unsaturated/α-hetero) is 1. The van der Waals surface area contributed by atoms with Gasteiger partial charge in [0.25, 0.3) is 0 Å². The van der Waals surface area contributed by atoms with E-state index >= 15 is 0 Å². The van der Waals surface area contributed by atoms with Gasteiger partial charge in [0.05, 0.1) is 16.7 Å². The van der Waals surface area contributed by atoms with Gasteiger partial charge in [-0.3, -0.25) is 4.79 Å². The van der Waals surface area contributed by atoms with Gasteiger partial charge in [-0.05, 0) is 44.2 Å². The normalized spacial score (nSPS) is 14.2. The van der Waals surface area contributed by atoms with Gasteiger partial charge in [-0.25, -0.2) is 14.2 Å². The van der Waals surface area contributed by atoms with Crippen molar-refractivity contribution in [3.05, 3.63) is 59.7 Å². The summed E-state index contributed by atoms with van der Waals surface area (Å²) in [7, 11) is 0. The number of aryl methyl sites for hydroxylation is 1. The average molecular weight is 423 g/mol. The second-order valence-corrected chi connectivity index (χ2v) is 7.73. The molecule has 1 N–H and O–H groups in total. The standard InChI is InChI=1S/C23H26FN5O2/c1-16(30)18-7-8-21(19(24)15-18)27-11-13-28(14-12-27)23(31)25-9-10-29-17(2)26-20-5-3-4-6-22(20)29/h3-8,15H,9-14H2,1-2H3,(H,25,31). The van der Waals surface area contributed by atoms with Crippen LogP contribution in [0, 0.1) is 12.7 Å². The fourth-order valence-corrected chi connectivity index (χ4v) is 4.00. The Morgan fingerprint density at radius 3 is 2.55 bits per heavy atom. The Hall–Kier alpha value is -3.42. The Morgan fingerprint density at radius 2 is 1.84 bits per heavy atom. The zero-order chi connectivity index (χ0) is 22.0. The van der Waals surface area contributed by atoms with E-state index in [4.69, 9.17) is 0 Å². The molecule has 0 saturated carbocycles. The van der Waals surface area contributed by atoms with Crippen molar-refractivity contribution < 1.29 is 14.0 Å². The molecule has 1 saturated heterocycles. The summed E-state index contributed by atoms with van der Waals surface area (Å²) in [6, 6.07) is 12.4. The van der Waals surface area contributed by atoms with E-state index in [1.165, 1.54) is 13.0 Å². The number of carbonyl (C=O) groups excluding carboxylic acids is 2. The van der Waals surface area contributed by atoms with Crippen LogP contribution in [0.1, 0.15) is 23.1 Å². The number of carbonyl (C=O) groups is 2. The van der Waals surface area contributed by atoms with E-state index in [1.54, 1.807) is 17.0 Å². The van der Waals surface area contributed by atoms with Gasteiger partial charge < -0.3 is 19.7 Å². The molecule has 0 radical (unpaired) electrons. The Morgan fingerprint density at radius 1 is 1.10 bits per heavy atom. The number of piperazine rings is 1. The van der Waals surface area contributed by atoms with Gasteiger partial charge in [0, 0.05) is 44.8 Å². The summed E-state index contributed by atoms with van der Waals surface area (Å²) in [6.07, 6.45) is 0. The summed E-state index contributed by atoms with van der Waals surface area (Å²) >= 11 is 0. The molecule has 7 nitrogen and oxygen atoms in total. The highest BCUT2D eigenvalue weighted by atomic mass is 19.1. The highest BCUT2D eigenvalue weighted by molar-refractivity contribution is 5.94. The van der Waals surface area contributed by atoms with Crippen molar-refractivity contribution in [3.63, 3.8) is 0 Å². The molecule has 1 fully saturated rings. The van der Waals surface area contributed by atoms with Gasteiger partial charge in [0.15, 0.2) is 5.78 Å². The number of imidazole rings is 1. The number of rotatable bonds is 5. The average Bonchev–Trinajstić information content (AvgIpc) is 3.09. The van der Waals surface area contributed by atoms with Crippen LogP contribution >= 0.6 is 0 Å². The minimum absolute atomic E-state index is 0.117. The summed E-state index contributed by atoms with van der Waals surface area (Å²) < 4.78 is 16.5. The maximum absolute atomic E-state index is 14.4. The number of amides is 2. The lowest BCUT2D eigenvalue weighted by Crippen LogP contribution is -2.52. The first-order chi connectivity index (χ1) is 14.9. The van der Waals surface area contributed by atoms with Crippen LogP contribution < -0.4 is 10.2 Å². The maximum Gasteiger partial charge on any atom is 0.317 e. The summed E-state index contributed by atoms with van der Waals surface area (Å²) in [5, 5.41) is 2.98. The first-order valence-corrected chi connectivity index (χ1v) is 10.4. The number of anilines is 1. The third kappa shape index (κ3) is 4.38. The van der Waals surface area contributed by atoms with Gasteiger partial charge in [-0.15, -0.1) is 0 Å². The van der Waals surface area contributed by atoms with E-state index in [0.29, 0.717) is 50.5 Å². The topological polar surface area (TPSA) is 70.5 Å². The molecule has 1 aromatic heterocycles. The number of ketones is 1. The van der Waals surface area contributed by atoms with Crippen molar-refractivity contribution in [1.29, 1.82) is 0 Å². The molecule has 0 aliphatic carbocycles. The third-order valence-corrected chi connectivity index (χ3v) is 5.72. The Labute approximate surface area is 180 Å². The zero-order valence-electron chi connectivity index (χ0n) is 17.8. The van der Waals surface area contributed by atoms with Crippen molar-refractivity contribution in [2.45, 2.75) is 20.4 Å². The smallest absolute Gasteiger partial charge is 0.317 e. The molecule has 0 unspecified atom stereocenters. The van der Waals surface area contributed by atoms with E-state index < -0.39 is 5.82 Å². The number of fused-ring (bicyclic) bond motifs is 1. The number of aromatic nitrogens is 2. The summed E-state index contributed by atoms with van der Waals surface area (Å²) in [4.78, 5) is 32.2. The summed E-state index contributed by atoms with van der Waals surface area (Å²) in [5.74, 6) is 0.348. The lowest BCUT2D eigenvalue weighted by Gasteiger charge is -2.36. The van der Waals surface area contributed by atoms with Crippen molar-refractivity contribution in [2.75, 3.05) is 37.6 Å². The summed E-state index contributed by atoms with van der Waals surface area (Å²) in [6.45, 7) is 6.61. The number of para-hydroxylation sites is 2. The first kappa shape index (κ1) is 20.8. The molecule has 8 heteroatoms. The molecule has 4 rings (SSSR count). The Balaban J connectivity index is 1.29. The van der Waals surface area contributed by atoms with Crippen molar-refractivity contribution >= 4 is 28.5 Å². The second-order valence-electron chi connectivity index (χ2n) is 7.73. The molecule has 3 aromatic rings. The van der Waals surface area contributed by atoms with Crippen molar-refractivity contribution in [1.82, 2.24) is 19.8 Å². The molecule has 2 amide bonds. The molecule has 31 heavy (non-hydrogen) atoms. The highest BCUT2D eigenvalue weighted by Crippen LogP contribution is 2.22. The quantitative estimate of drug-likeness (QED) is 0.640. The number of benzene rings is 2. The number of nitrogens with one attached hydrogen (secondary N) is 1. The number of hydrogen-bond acceptors (Lipinski definition) is 4. The van der Waals surface area contributed by atoms with Gasteiger partial charge >= 0.3 is 6.03 Å². The fraction of sp³-hybridized carbons (Fsp3) is 0.348. The molecule has 2 heterocycles. The molecule has 0 bridgehead atoms. The number of urea groups is 1. The Bertz CT molecular complexity index is 1120. The van der Waals surface area contributed by atoms with Crippen LogP contribution in [0.5, 0.6) is 0 Å². The van der Waals surface area contributed by atoms with E-state index in [0.717, 1.165) is 16.9 Å². The minimum atomic E-state index is -0.409.